The molecule has 18 heavy (non-hydrogen) atoms. The summed E-state index contributed by atoms with van der Waals surface area (Å²) in [6.07, 6.45) is 1.89. The van der Waals surface area contributed by atoms with Crippen LogP contribution in [0.5, 0.6) is 5.75 Å². The number of carbonyl (C=O) groups is 1. The SMILES string of the molecule is CCc1ccc(OC)c(C(C)(C)CNCC=O)c1. The lowest BCUT2D eigenvalue weighted by Gasteiger charge is -2.28. The van der Waals surface area contributed by atoms with Crippen LogP contribution in [0.4, 0.5) is 0 Å². The molecule has 0 fully saturated rings. The van der Waals surface area contributed by atoms with E-state index in [1.54, 1.807) is 7.11 Å². The minimum absolute atomic E-state index is 0.0699. The quantitative estimate of drug-likeness (QED) is 0.595. The largest absolute Gasteiger partial charge is 0.496 e. The van der Waals surface area contributed by atoms with E-state index in [1.807, 2.05) is 6.07 Å². The van der Waals surface area contributed by atoms with E-state index < -0.39 is 0 Å². The standard InChI is InChI=1S/C15H23NO2/c1-5-12-6-7-14(18-4)13(10-12)15(2,3)11-16-8-9-17/h6-7,9-10,16H,5,8,11H2,1-4H3. The third kappa shape index (κ3) is 3.57. The lowest BCUT2D eigenvalue weighted by molar-refractivity contribution is -0.107. The van der Waals surface area contributed by atoms with Crippen LogP contribution >= 0.6 is 0 Å². The molecule has 1 aromatic carbocycles. The van der Waals surface area contributed by atoms with Crippen molar-refractivity contribution in [2.75, 3.05) is 20.2 Å². The molecular formula is C15H23NO2. The lowest BCUT2D eigenvalue weighted by atomic mass is 9.83. The van der Waals surface area contributed by atoms with E-state index in [9.17, 15) is 4.79 Å². The maximum Gasteiger partial charge on any atom is 0.133 e. The molecule has 0 aromatic heterocycles. The molecule has 1 aromatic rings. The van der Waals surface area contributed by atoms with Gasteiger partial charge in [-0.25, -0.2) is 0 Å². The van der Waals surface area contributed by atoms with Crippen LogP contribution in [0.3, 0.4) is 0 Å². The summed E-state index contributed by atoms with van der Waals surface area (Å²) in [4.78, 5) is 10.4. The van der Waals surface area contributed by atoms with Crippen molar-refractivity contribution in [3.8, 4) is 5.75 Å². The summed E-state index contributed by atoms with van der Waals surface area (Å²) >= 11 is 0. The van der Waals surface area contributed by atoms with Gasteiger partial charge < -0.3 is 14.8 Å². The minimum Gasteiger partial charge on any atom is -0.496 e. The summed E-state index contributed by atoms with van der Waals surface area (Å²) < 4.78 is 5.44. The Bertz CT molecular complexity index is 399. The number of hydrogen-bond acceptors (Lipinski definition) is 3. The van der Waals surface area contributed by atoms with Crippen LogP contribution in [-0.2, 0) is 16.6 Å². The first-order valence-electron chi connectivity index (χ1n) is 6.37. The second-order valence-electron chi connectivity index (χ2n) is 5.07. The predicted octanol–water partition coefficient (Wildman–Crippen LogP) is 2.32. The highest BCUT2D eigenvalue weighted by molar-refractivity contribution is 5.52. The first-order valence-corrected chi connectivity index (χ1v) is 6.37. The van der Waals surface area contributed by atoms with Gasteiger partial charge in [0.2, 0.25) is 0 Å². The maximum absolute atomic E-state index is 10.4. The molecule has 0 atom stereocenters. The van der Waals surface area contributed by atoms with Gasteiger partial charge in [0.1, 0.15) is 12.0 Å². The molecule has 0 saturated carbocycles. The summed E-state index contributed by atoms with van der Waals surface area (Å²) in [5.74, 6) is 0.908. The van der Waals surface area contributed by atoms with Crippen LogP contribution in [0.2, 0.25) is 0 Å². The summed E-state index contributed by atoms with van der Waals surface area (Å²) in [6.45, 7) is 7.59. The van der Waals surface area contributed by atoms with Gasteiger partial charge in [-0.3, -0.25) is 0 Å². The van der Waals surface area contributed by atoms with Crippen LogP contribution in [-0.4, -0.2) is 26.5 Å². The first-order chi connectivity index (χ1) is 8.55. The zero-order chi connectivity index (χ0) is 13.6. The van der Waals surface area contributed by atoms with E-state index in [0.29, 0.717) is 6.54 Å². The van der Waals surface area contributed by atoms with Gasteiger partial charge in [0.15, 0.2) is 0 Å². The number of hydrogen-bond donors (Lipinski definition) is 1. The van der Waals surface area contributed by atoms with E-state index in [2.05, 4.69) is 38.2 Å². The van der Waals surface area contributed by atoms with Crippen molar-refractivity contribution in [3.63, 3.8) is 0 Å². The summed E-state index contributed by atoms with van der Waals surface area (Å²) in [5.41, 5.74) is 2.41. The second-order valence-corrected chi connectivity index (χ2v) is 5.07. The number of benzene rings is 1. The molecule has 0 saturated heterocycles. The van der Waals surface area contributed by atoms with E-state index in [1.165, 1.54) is 11.1 Å². The molecule has 1 N–H and O–H groups in total. The summed E-state index contributed by atoms with van der Waals surface area (Å²) in [7, 11) is 1.69. The Morgan fingerprint density at radius 3 is 2.67 bits per heavy atom. The monoisotopic (exact) mass is 249 g/mol. The van der Waals surface area contributed by atoms with Crippen molar-refractivity contribution < 1.29 is 9.53 Å². The van der Waals surface area contributed by atoms with E-state index in [-0.39, 0.29) is 5.41 Å². The number of ether oxygens (including phenoxy) is 1. The second kappa shape index (κ2) is 6.55. The van der Waals surface area contributed by atoms with E-state index in [0.717, 1.165) is 25.0 Å². The van der Waals surface area contributed by atoms with Crippen LogP contribution < -0.4 is 10.1 Å². The molecule has 0 bridgehead atoms. The molecule has 0 unspecified atom stereocenters. The Morgan fingerprint density at radius 2 is 2.11 bits per heavy atom. The van der Waals surface area contributed by atoms with Crippen LogP contribution in [0, 0.1) is 0 Å². The summed E-state index contributed by atoms with van der Waals surface area (Å²) in [5, 5.41) is 3.14. The fourth-order valence-electron chi connectivity index (χ4n) is 2.04. The van der Waals surface area contributed by atoms with Crippen molar-refractivity contribution in [2.24, 2.45) is 0 Å². The maximum atomic E-state index is 10.4. The van der Waals surface area contributed by atoms with Crippen LogP contribution in [0.15, 0.2) is 18.2 Å². The highest BCUT2D eigenvalue weighted by atomic mass is 16.5. The van der Waals surface area contributed by atoms with Gasteiger partial charge in [-0.1, -0.05) is 32.9 Å². The van der Waals surface area contributed by atoms with E-state index in [4.69, 9.17) is 4.74 Å². The Kier molecular flexibility index (Phi) is 5.35. The lowest BCUT2D eigenvalue weighted by Crippen LogP contribution is -2.34. The van der Waals surface area contributed by atoms with Crippen molar-refractivity contribution in [1.82, 2.24) is 5.32 Å². The normalized spacial score (nSPS) is 11.3. The van der Waals surface area contributed by atoms with Gasteiger partial charge in [-0.2, -0.15) is 0 Å². The highest BCUT2D eigenvalue weighted by Crippen LogP contribution is 2.32. The Balaban J connectivity index is 2.99. The van der Waals surface area contributed by atoms with Crippen molar-refractivity contribution in [2.45, 2.75) is 32.6 Å². The Labute approximate surface area is 110 Å². The van der Waals surface area contributed by atoms with Gasteiger partial charge in [-0.05, 0) is 18.1 Å². The number of nitrogens with one attached hydrogen (secondary N) is 1. The number of methoxy groups -OCH3 is 1. The summed E-state index contributed by atoms with van der Waals surface area (Å²) in [6, 6.07) is 6.31. The average Bonchev–Trinajstić information content (AvgIpc) is 2.38. The van der Waals surface area contributed by atoms with Gasteiger partial charge in [0.25, 0.3) is 0 Å². The van der Waals surface area contributed by atoms with Gasteiger partial charge in [0, 0.05) is 17.5 Å². The Morgan fingerprint density at radius 1 is 1.39 bits per heavy atom. The Hall–Kier alpha value is -1.35. The smallest absolute Gasteiger partial charge is 0.133 e. The highest BCUT2D eigenvalue weighted by Gasteiger charge is 2.24. The van der Waals surface area contributed by atoms with Crippen molar-refractivity contribution in [3.05, 3.63) is 29.3 Å². The van der Waals surface area contributed by atoms with E-state index >= 15 is 0 Å². The molecule has 1 rings (SSSR count). The van der Waals surface area contributed by atoms with Crippen molar-refractivity contribution >= 4 is 6.29 Å². The molecule has 0 aliphatic heterocycles. The number of carbonyl (C=O) groups excluding carboxylic acids is 1. The van der Waals surface area contributed by atoms with Crippen LogP contribution in [0.1, 0.15) is 31.9 Å². The molecule has 0 spiro atoms. The molecule has 0 amide bonds. The molecule has 3 nitrogen and oxygen atoms in total. The topological polar surface area (TPSA) is 38.3 Å². The van der Waals surface area contributed by atoms with Gasteiger partial charge >= 0.3 is 0 Å². The predicted molar refractivity (Wildman–Crippen MR) is 74.3 cm³/mol. The molecule has 0 aliphatic rings. The number of aldehydes is 1. The molecule has 0 aliphatic carbocycles. The molecular weight excluding hydrogens is 226 g/mol. The molecule has 3 heteroatoms. The molecule has 100 valence electrons. The van der Waals surface area contributed by atoms with Gasteiger partial charge in [0.05, 0.1) is 13.7 Å². The first kappa shape index (κ1) is 14.7. The van der Waals surface area contributed by atoms with Crippen molar-refractivity contribution in [1.29, 1.82) is 0 Å². The molecule has 0 heterocycles. The third-order valence-corrected chi connectivity index (χ3v) is 3.20. The fourth-order valence-corrected chi connectivity index (χ4v) is 2.04. The number of rotatable bonds is 7. The third-order valence-electron chi connectivity index (χ3n) is 3.20. The van der Waals surface area contributed by atoms with Gasteiger partial charge in [-0.15, -0.1) is 0 Å². The number of aryl methyl sites for hydroxylation is 1. The molecule has 0 radical (unpaired) electrons. The van der Waals surface area contributed by atoms with Crippen LogP contribution in [0.25, 0.3) is 0 Å². The minimum atomic E-state index is -0.0699. The average molecular weight is 249 g/mol. The zero-order valence-electron chi connectivity index (χ0n) is 11.7. The zero-order valence-corrected chi connectivity index (χ0v) is 11.7. The fraction of sp³-hybridized carbons (Fsp3) is 0.533.